The lowest BCUT2D eigenvalue weighted by atomic mass is 10.2. The van der Waals surface area contributed by atoms with E-state index in [9.17, 15) is 9.59 Å². The average molecular weight is 316 g/mol. The van der Waals surface area contributed by atoms with Crippen molar-refractivity contribution in [1.82, 2.24) is 14.8 Å². The summed E-state index contributed by atoms with van der Waals surface area (Å²) in [5.41, 5.74) is 1.74. The molecular formula is C17H24N4O2. The van der Waals surface area contributed by atoms with Gasteiger partial charge in [0.25, 0.3) is 0 Å². The molecule has 0 unspecified atom stereocenters. The van der Waals surface area contributed by atoms with Gasteiger partial charge in [-0.3, -0.25) is 9.59 Å². The smallest absolute Gasteiger partial charge is 0.242 e. The largest absolute Gasteiger partial charge is 0.342 e. The van der Waals surface area contributed by atoms with Crippen LogP contribution in [0.15, 0.2) is 30.5 Å². The van der Waals surface area contributed by atoms with Gasteiger partial charge in [0.05, 0.1) is 6.54 Å². The molecule has 6 nitrogen and oxygen atoms in total. The van der Waals surface area contributed by atoms with Gasteiger partial charge in [0.15, 0.2) is 0 Å². The zero-order valence-corrected chi connectivity index (χ0v) is 13.9. The van der Waals surface area contributed by atoms with E-state index < -0.39 is 0 Å². The molecule has 0 aliphatic heterocycles. The highest BCUT2D eigenvalue weighted by molar-refractivity contribution is 5.95. The first-order valence-electron chi connectivity index (χ1n) is 7.90. The van der Waals surface area contributed by atoms with E-state index >= 15 is 0 Å². The molecule has 0 spiro atoms. The molecule has 2 aromatic rings. The van der Waals surface area contributed by atoms with E-state index in [1.165, 1.54) is 0 Å². The molecule has 0 aliphatic carbocycles. The number of aromatic nitrogens is 1. The quantitative estimate of drug-likeness (QED) is 0.816. The van der Waals surface area contributed by atoms with Gasteiger partial charge in [-0.15, -0.1) is 0 Å². The molecule has 6 heteroatoms. The SMILES string of the molecule is CCN(CC)C(=O)Cn1ccc2cc(NC(=O)CNC)ccc21. The highest BCUT2D eigenvalue weighted by Gasteiger charge is 2.12. The first-order chi connectivity index (χ1) is 11.1. The molecule has 23 heavy (non-hydrogen) atoms. The molecule has 0 saturated carbocycles. The highest BCUT2D eigenvalue weighted by atomic mass is 16.2. The third-order valence-corrected chi connectivity index (χ3v) is 3.81. The minimum absolute atomic E-state index is 0.0806. The van der Waals surface area contributed by atoms with Gasteiger partial charge in [-0.2, -0.15) is 0 Å². The third kappa shape index (κ3) is 4.10. The summed E-state index contributed by atoms with van der Waals surface area (Å²) in [4.78, 5) is 25.7. The Hall–Kier alpha value is -2.34. The predicted molar refractivity (Wildman–Crippen MR) is 92.4 cm³/mol. The molecular weight excluding hydrogens is 292 g/mol. The Morgan fingerprint density at radius 3 is 2.57 bits per heavy atom. The molecule has 0 bridgehead atoms. The van der Waals surface area contributed by atoms with Crippen molar-refractivity contribution in [2.24, 2.45) is 0 Å². The van der Waals surface area contributed by atoms with E-state index in [-0.39, 0.29) is 18.4 Å². The van der Waals surface area contributed by atoms with E-state index in [4.69, 9.17) is 0 Å². The topological polar surface area (TPSA) is 66.4 Å². The van der Waals surface area contributed by atoms with Gasteiger partial charge in [-0.05, 0) is 45.2 Å². The number of rotatable bonds is 7. The maximum atomic E-state index is 12.2. The van der Waals surface area contributed by atoms with E-state index in [0.29, 0.717) is 6.54 Å². The van der Waals surface area contributed by atoms with Gasteiger partial charge < -0.3 is 20.1 Å². The van der Waals surface area contributed by atoms with Crippen molar-refractivity contribution in [3.8, 4) is 0 Å². The Balaban J connectivity index is 2.15. The van der Waals surface area contributed by atoms with Crippen molar-refractivity contribution in [3.63, 3.8) is 0 Å². The predicted octanol–water partition coefficient (Wildman–Crippen LogP) is 1.67. The number of hydrogen-bond acceptors (Lipinski definition) is 3. The van der Waals surface area contributed by atoms with Gasteiger partial charge >= 0.3 is 0 Å². The standard InChI is InChI=1S/C17H24N4O2/c1-4-20(5-2)17(23)12-21-9-8-13-10-14(6-7-15(13)21)19-16(22)11-18-3/h6-10,18H,4-5,11-12H2,1-3H3,(H,19,22). The van der Waals surface area contributed by atoms with Crippen molar-refractivity contribution < 1.29 is 9.59 Å². The van der Waals surface area contributed by atoms with Crippen LogP contribution in [-0.2, 0) is 16.1 Å². The monoisotopic (exact) mass is 316 g/mol. The molecule has 2 N–H and O–H groups in total. The Kier molecular flexibility index (Phi) is 5.76. The second kappa shape index (κ2) is 7.78. The molecule has 1 aromatic heterocycles. The van der Waals surface area contributed by atoms with Gasteiger partial charge in [-0.25, -0.2) is 0 Å². The Morgan fingerprint density at radius 2 is 1.91 bits per heavy atom. The second-order valence-electron chi connectivity index (χ2n) is 5.36. The molecule has 0 radical (unpaired) electrons. The van der Waals surface area contributed by atoms with Crippen LogP contribution in [0.25, 0.3) is 10.9 Å². The van der Waals surface area contributed by atoms with Crippen LogP contribution in [0, 0.1) is 0 Å². The summed E-state index contributed by atoms with van der Waals surface area (Å²) in [6.07, 6.45) is 1.91. The van der Waals surface area contributed by atoms with Crippen LogP contribution in [0.3, 0.4) is 0 Å². The highest BCUT2D eigenvalue weighted by Crippen LogP contribution is 2.20. The van der Waals surface area contributed by atoms with Crippen LogP contribution < -0.4 is 10.6 Å². The van der Waals surface area contributed by atoms with Crippen LogP contribution in [0.4, 0.5) is 5.69 Å². The van der Waals surface area contributed by atoms with Gasteiger partial charge in [0.1, 0.15) is 6.54 Å². The first kappa shape index (κ1) is 17.0. The minimum Gasteiger partial charge on any atom is -0.342 e. The fraction of sp³-hybridized carbons (Fsp3) is 0.412. The van der Waals surface area contributed by atoms with E-state index in [1.54, 1.807) is 7.05 Å². The maximum Gasteiger partial charge on any atom is 0.242 e. The summed E-state index contributed by atoms with van der Waals surface area (Å²) < 4.78 is 1.94. The molecule has 0 atom stereocenters. The average Bonchev–Trinajstić information content (AvgIpc) is 2.91. The Labute approximate surface area is 136 Å². The van der Waals surface area contributed by atoms with Crippen LogP contribution in [0.5, 0.6) is 0 Å². The summed E-state index contributed by atoms with van der Waals surface area (Å²) >= 11 is 0. The lowest BCUT2D eigenvalue weighted by Crippen LogP contribution is -2.33. The second-order valence-corrected chi connectivity index (χ2v) is 5.36. The lowest BCUT2D eigenvalue weighted by Gasteiger charge is -2.19. The number of anilines is 1. The maximum absolute atomic E-state index is 12.2. The summed E-state index contributed by atoms with van der Waals surface area (Å²) in [6.45, 7) is 6.00. The number of benzene rings is 1. The zero-order chi connectivity index (χ0) is 16.8. The molecule has 1 heterocycles. The number of nitrogens with zero attached hydrogens (tertiary/aromatic N) is 2. The summed E-state index contributed by atoms with van der Waals surface area (Å²) in [5.74, 6) is 0.0295. The Bertz CT molecular complexity index is 689. The van der Waals surface area contributed by atoms with E-state index in [0.717, 1.165) is 29.7 Å². The number of hydrogen-bond donors (Lipinski definition) is 2. The van der Waals surface area contributed by atoms with Crippen molar-refractivity contribution in [2.45, 2.75) is 20.4 Å². The normalized spacial score (nSPS) is 10.7. The van der Waals surface area contributed by atoms with Crippen LogP contribution in [0.2, 0.25) is 0 Å². The molecule has 0 saturated heterocycles. The number of likely N-dealkylation sites (N-methyl/N-ethyl adjacent to an activating group) is 2. The molecule has 124 valence electrons. The van der Waals surface area contributed by atoms with E-state index in [1.807, 2.05) is 53.8 Å². The molecule has 2 rings (SSSR count). The minimum atomic E-state index is -0.0806. The van der Waals surface area contributed by atoms with Gasteiger partial charge in [0, 0.05) is 35.9 Å². The first-order valence-corrected chi connectivity index (χ1v) is 7.90. The summed E-state index contributed by atoms with van der Waals surface area (Å²) in [7, 11) is 1.73. The van der Waals surface area contributed by atoms with Crippen LogP contribution in [-0.4, -0.2) is 48.0 Å². The third-order valence-electron chi connectivity index (χ3n) is 3.81. The van der Waals surface area contributed by atoms with E-state index in [2.05, 4.69) is 10.6 Å². The van der Waals surface area contributed by atoms with Gasteiger partial charge in [0.2, 0.25) is 11.8 Å². The van der Waals surface area contributed by atoms with Crippen LogP contribution in [0.1, 0.15) is 13.8 Å². The van der Waals surface area contributed by atoms with Crippen LogP contribution >= 0.6 is 0 Å². The molecule has 0 fully saturated rings. The Morgan fingerprint density at radius 1 is 1.17 bits per heavy atom. The number of fused-ring (bicyclic) bond motifs is 1. The summed E-state index contributed by atoms with van der Waals surface area (Å²) in [5, 5.41) is 6.65. The molecule has 0 aliphatic rings. The molecule has 1 aromatic carbocycles. The fourth-order valence-corrected chi connectivity index (χ4v) is 2.60. The van der Waals surface area contributed by atoms with Gasteiger partial charge in [-0.1, -0.05) is 0 Å². The number of carbonyl (C=O) groups excluding carboxylic acids is 2. The zero-order valence-electron chi connectivity index (χ0n) is 13.9. The number of amides is 2. The lowest BCUT2D eigenvalue weighted by molar-refractivity contribution is -0.131. The molecule has 2 amide bonds. The van der Waals surface area contributed by atoms with Crippen molar-refractivity contribution in [1.29, 1.82) is 0 Å². The summed E-state index contributed by atoms with van der Waals surface area (Å²) in [6, 6.07) is 7.66. The fourth-order valence-electron chi connectivity index (χ4n) is 2.60. The number of nitrogens with one attached hydrogen (secondary N) is 2. The van der Waals surface area contributed by atoms with Crippen molar-refractivity contribution in [2.75, 3.05) is 32.0 Å². The van der Waals surface area contributed by atoms with Crippen molar-refractivity contribution in [3.05, 3.63) is 30.5 Å². The van der Waals surface area contributed by atoms with Crippen molar-refractivity contribution >= 4 is 28.4 Å². The number of carbonyl (C=O) groups is 2.